The summed E-state index contributed by atoms with van der Waals surface area (Å²) in [6.45, 7) is 1.77. The van der Waals surface area contributed by atoms with E-state index in [1.54, 1.807) is 6.92 Å². The molecule has 1 N–H and O–H groups in total. The molecule has 0 radical (unpaired) electrons. The molecule has 0 amide bonds. The summed E-state index contributed by atoms with van der Waals surface area (Å²) in [7, 11) is -3.87. The molecule has 0 bridgehead atoms. The van der Waals surface area contributed by atoms with Crippen LogP contribution in [0.3, 0.4) is 0 Å². The molecule has 0 aliphatic rings. The summed E-state index contributed by atoms with van der Waals surface area (Å²) in [5.74, 6) is -0.395. The average Bonchev–Trinajstić information content (AvgIpc) is 2.03. The molecule has 1 aromatic rings. The van der Waals surface area contributed by atoms with Crippen molar-refractivity contribution in [1.29, 1.82) is 0 Å². The molecule has 3 nitrogen and oxygen atoms in total. The third kappa shape index (κ3) is 3.57. The largest absolute Gasteiger partial charge is 0.286 e. The highest BCUT2D eigenvalue weighted by Gasteiger charge is 2.13. The first kappa shape index (κ1) is 10.2. The Morgan fingerprint density at radius 3 is 2.31 bits per heavy atom. The van der Waals surface area contributed by atoms with E-state index in [0.717, 1.165) is 5.56 Å². The normalized spacial score (nSPS) is 14.0. The van der Waals surface area contributed by atoms with Crippen molar-refractivity contribution in [2.75, 3.05) is 5.75 Å². The monoisotopic (exact) mass is 200 g/mol. The number of benzene rings is 1. The van der Waals surface area contributed by atoms with Gasteiger partial charge in [0, 0.05) is 0 Å². The van der Waals surface area contributed by atoms with E-state index in [0.29, 0.717) is 0 Å². The Balaban J connectivity index is 2.76. The molecule has 0 aromatic heterocycles. The van der Waals surface area contributed by atoms with Crippen LogP contribution in [-0.2, 0) is 10.1 Å². The van der Waals surface area contributed by atoms with Gasteiger partial charge in [0.2, 0.25) is 0 Å². The van der Waals surface area contributed by atoms with Crippen LogP contribution in [0, 0.1) is 0 Å². The van der Waals surface area contributed by atoms with Crippen molar-refractivity contribution >= 4 is 10.1 Å². The molecular formula is C9H12O3S. The maximum Gasteiger partial charge on any atom is 0.265 e. The predicted octanol–water partition coefficient (Wildman–Crippen LogP) is 1.68. The summed E-state index contributed by atoms with van der Waals surface area (Å²) in [5.41, 5.74) is 0.917. The van der Waals surface area contributed by atoms with Crippen LogP contribution >= 0.6 is 0 Å². The molecule has 13 heavy (non-hydrogen) atoms. The molecule has 1 atom stereocenters. The van der Waals surface area contributed by atoms with Crippen molar-refractivity contribution in [2.45, 2.75) is 12.8 Å². The highest BCUT2D eigenvalue weighted by Crippen LogP contribution is 2.15. The maximum absolute atomic E-state index is 10.6. The lowest BCUT2D eigenvalue weighted by atomic mass is 10.0. The average molecular weight is 200 g/mol. The van der Waals surface area contributed by atoms with Gasteiger partial charge < -0.3 is 0 Å². The minimum Gasteiger partial charge on any atom is -0.286 e. The summed E-state index contributed by atoms with van der Waals surface area (Å²) in [6.07, 6.45) is 0. The topological polar surface area (TPSA) is 54.4 Å². The third-order valence-electron chi connectivity index (χ3n) is 1.83. The molecule has 0 saturated carbocycles. The maximum atomic E-state index is 10.6. The highest BCUT2D eigenvalue weighted by molar-refractivity contribution is 7.85. The van der Waals surface area contributed by atoms with Crippen molar-refractivity contribution < 1.29 is 13.0 Å². The van der Waals surface area contributed by atoms with E-state index >= 15 is 0 Å². The fraction of sp³-hybridized carbons (Fsp3) is 0.333. The van der Waals surface area contributed by atoms with Gasteiger partial charge in [0.25, 0.3) is 10.1 Å². The van der Waals surface area contributed by atoms with E-state index < -0.39 is 10.1 Å². The Morgan fingerprint density at radius 2 is 1.85 bits per heavy atom. The fourth-order valence-electron chi connectivity index (χ4n) is 1.19. The lowest BCUT2D eigenvalue weighted by Gasteiger charge is -2.08. The van der Waals surface area contributed by atoms with E-state index in [4.69, 9.17) is 4.55 Å². The van der Waals surface area contributed by atoms with Gasteiger partial charge in [0.05, 0.1) is 5.75 Å². The number of hydrogen-bond acceptors (Lipinski definition) is 2. The molecule has 1 aromatic carbocycles. The van der Waals surface area contributed by atoms with Crippen molar-refractivity contribution in [3.63, 3.8) is 0 Å². The first-order chi connectivity index (χ1) is 5.99. The second-order valence-corrected chi connectivity index (χ2v) is 4.56. The van der Waals surface area contributed by atoms with Gasteiger partial charge in [-0.25, -0.2) is 0 Å². The minimum atomic E-state index is -3.87. The number of rotatable bonds is 3. The van der Waals surface area contributed by atoms with E-state index in [1.165, 1.54) is 0 Å². The molecule has 0 saturated heterocycles. The molecule has 0 unspecified atom stereocenters. The summed E-state index contributed by atoms with van der Waals surface area (Å²) < 4.78 is 29.8. The molecule has 0 fully saturated rings. The van der Waals surface area contributed by atoms with Crippen molar-refractivity contribution in [3.05, 3.63) is 35.9 Å². The summed E-state index contributed by atoms with van der Waals surface area (Å²) in [5, 5.41) is 0. The molecule has 1 rings (SSSR count). The fourth-order valence-corrected chi connectivity index (χ4v) is 2.02. The van der Waals surface area contributed by atoms with Crippen LogP contribution in [0.4, 0.5) is 0 Å². The van der Waals surface area contributed by atoms with Crippen molar-refractivity contribution in [1.82, 2.24) is 0 Å². The van der Waals surface area contributed by atoms with Crippen LogP contribution < -0.4 is 0 Å². The van der Waals surface area contributed by atoms with Gasteiger partial charge in [-0.1, -0.05) is 37.3 Å². The zero-order valence-corrected chi connectivity index (χ0v) is 8.16. The van der Waals surface area contributed by atoms with E-state index in [2.05, 4.69) is 0 Å². The van der Waals surface area contributed by atoms with Gasteiger partial charge in [-0.3, -0.25) is 4.55 Å². The van der Waals surface area contributed by atoms with Crippen LogP contribution in [0.5, 0.6) is 0 Å². The molecule has 0 aliphatic heterocycles. The third-order valence-corrected chi connectivity index (χ3v) is 2.75. The van der Waals surface area contributed by atoms with Gasteiger partial charge in [-0.2, -0.15) is 8.42 Å². The lowest BCUT2D eigenvalue weighted by molar-refractivity contribution is 0.479. The van der Waals surface area contributed by atoms with Gasteiger partial charge in [-0.05, 0) is 11.5 Å². The Bertz CT molecular complexity index is 356. The summed E-state index contributed by atoms with van der Waals surface area (Å²) in [4.78, 5) is 0. The predicted molar refractivity (Wildman–Crippen MR) is 51.3 cm³/mol. The first-order valence-corrected chi connectivity index (χ1v) is 5.60. The van der Waals surface area contributed by atoms with E-state index in [-0.39, 0.29) is 11.7 Å². The van der Waals surface area contributed by atoms with E-state index in [9.17, 15) is 8.42 Å². The van der Waals surface area contributed by atoms with Crippen LogP contribution in [0.1, 0.15) is 18.4 Å². The Hall–Kier alpha value is -0.870. The first-order valence-electron chi connectivity index (χ1n) is 3.99. The quantitative estimate of drug-likeness (QED) is 0.755. The Labute approximate surface area is 78.2 Å². The van der Waals surface area contributed by atoms with Crippen molar-refractivity contribution in [3.8, 4) is 0 Å². The van der Waals surface area contributed by atoms with Crippen LogP contribution in [0.15, 0.2) is 30.3 Å². The number of hydrogen-bond donors (Lipinski definition) is 1. The Morgan fingerprint density at radius 1 is 1.31 bits per heavy atom. The molecular weight excluding hydrogens is 188 g/mol. The second kappa shape index (κ2) is 3.89. The molecule has 4 heteroatoms. The van der Waals surface area contributed by atoms with Crippen LogP contribution in [0.25, 0.3) is 0 Å². The lowest BCUT2D eigenvalue weighted by Crippen LogP contribution is -2.10. The van der Waals surface area contributed by atoms with Gasteiger partial charge in [0.1, 0.15) is 0 Å². The Kier molecular flexibility index (Phi) is 3.06. The molecule has 0 heterocycles. The van der Waals surface area contributed by atoms with Crippen molar-refractivity contribution in [2.24, 2.45) is 0 Å². The second-order valence-electron chi connectivity index (χ2n) is 3.06. The zero-order chi connectivity index (χ0) is 9.90. The van der Waals surface area contributed by atoms with E-state index in [1.807, 2.05) is 30.3 Å². The molecule has 0 spiro atoms. The SMILES string of the molecule is C[C@@H](CS(=O)(=O)O)c1ccccc1. The molecule has 72 valence electrons. The van der Waals surface area contributed by atoms with Gasteiger partial charge >= 0.3 is 0 Å². The summed E-state index contributed by atoms with van der Waals surface area (Å²) >= 11 is 0. The standard InChI is InChI=1S/C9H12O3S/c1-8(7-13(10,11)12)9-5-3-2-4-6-9/h2-6,8H,7H2,1H3,(H,10,11,12)/t8-/m0/s1. The van der Waals surface area contributed by atoms with Gasteiger partial charge in [0.15, 0.2) is 0 Å². The van der Waals surface area contributed by atoms with Crippen LogP contribution in [0.2, 0.25) is 0 Å². The smallest absolute Gasteiger partial charge is 0.265 e. The summed E-state index contributed by atoms with van der Waals surface area (Å²) in [6, 6.07) is 9.24. The molecule has 0 aliphatic carbocycles. The van der Waals surface area contributed by atoms with Gasteiger partial charge in [-0.15, -0.1) is 0 Å². The highest BCUT2D eigenvalue weighted by atomic mass is 32.2. The zero-order valence-electron chi connectivity index (χ0n) is 7.34. The van der Waals surface area contributed by atoms with Crippen LogP contribution in [-0.4, -0.2) is 18.7 Å². The minimum absolute atomic E-state index is 0.170.